The maximum absolute atomic E-state index is 11.8. The van der Waals surface area contributed by atoms with Gasteiger partial charge in [-0.1, -0.05) is 27.2 Å². The van der Waals surface area contributed by atoms with Gasteiger partial charge in [0.1, 0.15) is 6.54 Å². The van der Waals surface area contributed by atoms with Crippen molar-refractivity contribution >= 4 is 35.8 Å². The van der Waals surface area contributed by atoms with E-state index in [0.717, 1.165) is 38.6 Å². The van der Waals surface area contributed by atoms with Gasteiger partial charge in [-0.15, -0.1) is 24.0 Å². The molecule has 0 aromatic carbocycles. The van der Waals surface area contributed by atoms with E-state index in [9.17, 15) is 4.79 Å². The number of halogens is 1. The molecule has 1 atom stereocenters. The zero-order valence-electron chi connectivity index (χ0n) is 15.3. The van der Waals surface area contributed by atoms with Gasteiger partial charge in [0.05, 0.1) is 0 Å². The van der Waals surface area contributed by atoms with Gasteiger partial charge in [0, 0.05) is 26.2 Å². The number of hydrogen-bond acceptors (Lipinski definition) is 2. The molecule has 1 fully saturated rings. The fourth-order valence-corrected chi connectivity index (χ4v) is 3.20. The Morgan fingerprint density at radius 3 is 2.57 bits per heavy atom. The summed E-state index contributed by atoms with van der Waals surface area (Å²) < 4.78 is 0. The van der Waals surface area contributed by atoms with Crippen LogP contribution in [0.5, 0.6) is 0 Å². The Labute approximate surface area is 159 Å². The normalized spacial score (nSPS) is 21.6. The standard InChI is InChI=1S/C17H34N4O.HI/c1-5-9-17(4)10-8-12-21(14-17)16(18-7-3)20-13-15(22)19-11-6-2;/h5-14H2,1-4H3,(H,18,20)(H,19,22);1H. The van der Waals surface area contributed by atoms with Crippen molar-refractivity contribution in [2.24, 2.45) is 10.4 Å². The SMILES string of the molecule is CCCNC(=O)CN=C(NCC)N1CCCC(C)(CCC)C1.I. The molecule has 5 nitrogen and oxygen atoms in total. The summed E-state index contributed by atoms with van der Waals surface area (Å²) in [6.07, 6.45) is 5.91. The highest BCUT2D eigenvalue weighted by Gasteiger charge is 2.31. The third-order valence-corrected chi connectivity index (χ3v) is 4.21. The van der Waals surface area contributed by atoms with Crippen molar-refractivity contribution in [1.29, 1.82) is 0 Å². The van der Waals surface area contributed by atoms with Crippen LogP contribution < -0.4 is 10.6 Å². The molecule has 0 spiro atoms. The van der Waals surface area contributed by atoms with Crippen LogP contribution in [0.3, 0.4) is 0 Å². The summed E-state index contributed by atoms with van der Waals surface area (Å²) in [5.41, 5.74) is 0.369. The molecule has 1 amide bonds. The maximum Gasteiger partial charge on any atom is 0.241 e. The molecule has 1 saturated heterocycles. The van der Waals surface area contributed by atoms with Gasteiger partial charge in [-0.3, -0.25) is 4.79 Å². The van der Waals surface area contributed by atoms with Crippen LogP contribution in [-0.4, -0.2) is 49.5 Å². The fourth-order valence-electron chi connectivity index (χ4n) is 3.20. The fraction of sp³-hybridized carbons (Fsp3) is 0.882. The van der Waals surface area contributed by atoms with E-state index in [1.54, 1.807) is 0 Å². The van der Waals surface area contributed by atoms with Gasteiger partial charge in [-0.25, -0.2) is 4.99 Å². The lowest BCUT2D eigenvalue weighted by molar-refractivity contribution is -0.119. The first-order valence-corrected chi connectivity index (χ1v) is 8.84. The van der Waals surface area contributed by atoms with E-state index >= 15 is 0 Å². The number of carbonyl (C=O) groups excluding carboxylic acids is 1. The summed E-state index contributed by atoms with van der Waals surface area (Å²) in [5.74, 6) is 0.891. The summed E-state index contributed by atoms with van der Waals surface area (Å²) in [4.78, 5) is 18.6. The number of amides is 1. The molecule has 1 heterocycles. The first-order valence-electron chi connectivity index (χ1n) is 8.84. The smallest absolute Gasteiger partial charge is 0.241 e. The zero-order chi connectivity index (χ0) is 16.4. The van der Waals surface area contributed by atoms with Crippen molar-refractivity contribution in [2.75, 3.05) is 32.7 Å². The van der Waals surface area contributed by atoms with Crippen molar-refractivity contribution in [2.45, 2.75) is 59.8 Å². The second-order valence-corrected chi connectivity index (χ2v) is 6.61. The van der Waals surface area contributed by atoms with Crippen LogP contribution in [0.2, 0.25) is 0 Å². The quantitative estimate of drug-likeness (QED) is 0.365. The Kier molecular flexibility index (Phi) is 11.6. The van der Waals surface area contributed by atoms with Gasteiger partial charge in [-0.2, -0.15) is 0 Å². The molecule has 6 heteroatoms. The maximum atomic E-state index is 11.8. The van der Waals surface area contributed by atoms with Crippen molar-refractivity contribution in [3.8, 4) is 0 Å². The summed E-state index contributed by atoms with van der Waals surface area (Å²) in [6, 6.07) is 0. The summed E-state index contributed by atoms with van der Waals surface area (Å²) >= 11 is 0. The molecule has 0 aliphatic carbocycles. The first kappa shape index (κ1) is 22.5. The lowest BCUT2D eigenvalue weighted by Crippen LogP contribution is -2.50. The van der Waals surface area contributed by atoms with E-state index in [1.807, 2.05) is 0 Å². The predicted octanol–water partition coefficient (Wildman–Crippen LogP) is 3.00. The number of piperidine rings is 1. The number of hydrogen-bond donors (Lipinski definition) is 2. The minimum Gasteiger partial charge on any atom is -0.357 e. The molecule has 2 N–H and O–H groups in total. The average molecular weight is 438 g/mol. The molecule has 0 saturated carbocycles. The molecule has 0 aromatic heterocycles. The lowest BCUT2D eigenvalue weighted by atomic mass is 9.78. The average Bonchev–Trinajstić information content (AvgIpc) is 2.49. The van der Waals surface area contributed by atoms with Crippen molar-refractivity contribution in [1.82, 2.24) is 15.5 Å². The van der Waals surface area contributed by atoms with Gasteiger partial charge in [0.15, 0.2) is 5.96 Å². The predicted molar refractivity (Wildman–Crippen MR) is 109 cm³/mol. The summed E-state index contributed by atoms with van der Waals surface area (Å²) in [6.45, 7) is 12.6. The van der Waals surface area contributed by atoms with E-state index in [-0.39, 0.29) is 36.4 Å². The molecule has 0 radical (unpaired) electrons. The largest absolute Gasteiger partial charge is 0.357 e. The van der Waals surface area contributed by atoms with E-state index in [0.29, 0.717) is 5.41 Å². The van der Waals surface area contributed by atoms with Crippen LogP contribution >= 0.6 is 24.0 Å². The van der Waals surface area contributed by atoms with Gasteiger partial charge in [0.25, 0.3) is 0 Å². The lowest BCUT2D eigenvalue weighted by Gasteiger charge is -2.42. The Bertz CT molecular complexity index is 372. The van der Waals surface area contributed by atoms with Crippen LogP contribution in [0, 0.1) is 5.41 Å². The van der Waals surface area contributed by atoms with Gasteiger partial charge in [0.2, 0.25) is 5.91 Å². The molecular weight excluding hydrogens is 403 g/mol. The van der Waals surface area contributed by atoms with Gasteiger partial charge < -0.3 is 15.5 Å². The Hall–Kier alpha value is -0.530. The van der Waals surface area contributed by atoms with E-state index in [1.165, 1.54) is 25.7 Å². The van der Waals surface area contributed by atoms with Crippen LogP contribution in [-0.2, 0) is 4.79 Å². The molecule has 1 rings (SSSR count). The van der Waals surface area contributed by atoms with Crippen molar-refractivity contribution < 1.29 is 4.79 Å². The number of guanidine groups is 1. The monoisotopic (exact) mass is 438 g/mol. The minimum atomic E-state index is 0. The third-order valence-electron chi connectivity index (χ3n) is 4.21. The number of aliphatic imine (C=N–C) groups is 1. The highest BCUT2D eigenvalue weighted by atomic mass is 127. The van der Waals surface area contributed by atoms with Crippen LogP contribution in [0.15, 0.2) is 4.99 Å². The molecule has 1 aliphatic heterocycles. The number of nitrogens with zero attached hydrogens (tertiary/aromatic N) is 2. The van der Waals surface area contributed by atoms with E-state index in [4.69, 9.17) is 0 Å². The Morgan fingerprint density at radius 1 is 1.22 bits per heavy atom. The van der Waals surface area contributed by atoms with Crippen molar-refractivity contribution in [3.05, 3.63) is 0 Å². The number of rotatable bonds is 7. The molecule has 1 unspecified atom stereocenters. The van der Waals surface area contributed by atoms with Crippen LogP contribution in [0.25, 0.3) is 0 Å². The summed E-state index contributed by atoms with van der Waals surface area (Å²) in [5, 5.41) is 6.22. The van der Waals surface area contributed by atoms with E-state index < -0.39 is 0 Å². The second kappa shape index (κ2) is 11.9. The number of likely N-dealkylation sites (tertiary alicyclic amines) is 1. The second-order valence-electron chi connectivity index (χ2n) is 6.61. The van der Waals surface area contributed by atoms with Gasteiger partial charge >= 0.3 is 0 Å². The summed E-state index contributed by atoms with van der Waals surface area (Å²) in [7, 11) is 0. The molecule has 136 valence electrons. The van der Waals surface area contributed by atoms with Crippen molar-refractivity contribution in [3.63, 3.8) is 0 Å². The third kappa shape index (κ3) is 8.22. The number of nitrogens with one attached hydrogen (secondary N) is 2. The molecule has 0 aromatic rings. The first-order chi connectivity index (χ1) is 10.5. The minimum absolute atomic E-state index is 0. The highest BCUT2D eigenvalue weighted by molar-refractivity contribution is 14.0. The molecule has 0 bridgehead atoms. The van der Waals surface area contributed by atoms with Gasteiger partial charge in [-0.05, 0) is 38.0 Å². The van der Waals surface area contributed by atoms with E-state index in [2.05, 4.69) is 48.2 Å². The number of carbonyl (C=O) groups is 1. The molecule has 1 aliphatic rings. The zero-order valence-corrected chi connectivity index (χ0v) is 17.6. The van der Waals surface area contributed by atoms with Crippen LogP contribution in [0.1, 0.15) is 59.8 Å². The highest BCUT2D eigenvalue weighted by Crippen LogP contribution is 2.33. The Morgan fingerprint density at radius 2 is 1.96 bits per heavy atom. The Balaban J connectivity index is 0.00000484. The van der Waals surface area contributed by atoms with Crippen LogP contribution in [0.4, 0.5) is 0 Å². The molecular formula is C17H35IN4O. The molecule has 23 heavy (non-hydrogen) atoms. The topological polar surface area (TPSA) is 56.7 Å².